The smallest absolute Gasteiger partial charge is 0.312 e. The molecule has 4 aromatic rings. The fourth-order valence-electron chi connectivity index (χ4n) is 4.51. The predicted molar refractivity (Wildman–Crippen MR) is 119 cm³/mol. The second-order valence-electron chi connectivity index (χ2n) is 7.89. The Bertz CT molecular complexity index is 1470. The van der Waals surface area contributed by atoms with Crippen molar-refractivity contribution in [3.05, 3.63) is 82.2 Å². The van der Waals surface area contributed by atoms with Gasteiger partial charge in [0.05, 0.1) is 24.5 Å². The molecule has 7 heteroatoms. The molecule has 2 aliphatic rings. The van der Waals surface area contributed by atoms with Crippen molar-refractivity contribution >= 4 is 16.9 Å². The molecule has 164 valence electrons. The van der Waals surface area contributed by atoms with Gasteiger partial charge in [-0.15, -0.1) is 0 Å². The van der Waals surface area contributed by atoms with Crippen molar-refractivity contribution in [1.82, 2.24) is 0 Å². The Balaban J connectivity index is 1.57. The molecule has 1 unspecified atom stereocenters. The molecule has 0 bridgehead atoms. The van der Waals surface area contributed by atoms with E-state index in [2.05, 4.69) is 0 Å². The van der Waals surface area contributed by atoms with Crippen molar-refractivity contribution in [2.45, 2.75) is 12.3 Å². The molecule has 0 aliphatic carbocycles. The summed E-state index contributed by atoms with van der Waals surface area (Å²) in [6.45, 7) is 0.0957. The molecule has 0 N–H and O–H groups in total. The molecule has 0 saturated heterocycles. The van der Waals surface area contributed by atoms with E-state index in [0.717, 1.165) is 11.1 Å². The molecule has 3 heterocycles. The van der Waals surface area contributed by atoms with Crippen molar-refractivity contribution < 1.29 is 28.2 Å². The highest BCUT2D eigenvalue weighted by molar-refractivity contribution is 5.90. The molecule has 0 amide bonds. The maximum absolute atomic E-state index is 13.4. The lowest BCUT2D eigenvalue weighted by Gasteiger charge is -2.26. The van der Waals surface area contributed by atoms with E-state index in [4.69, 9.17) is 23.4 Å². The number of carbonyl (C=O) groups is 1. The van der Waals surface area contributed by atoms with Gasteiger partial charge in [-0.1, -0.05) is 30.3 Å². The van der Waals surface area contributed by atoms with Gasteiger partial charge in [-0.05, 0) is 35.4 Å². The first-order chi connectivity index (χ1) is 16.1. The Kier molecular flexibility index (Phi) is 4.36. The van der Waals surface area contributed by atoms with Crippen molar-refractivity contribution in [1.29, 1.82) is 0 Å². The fraction of sp³-hybridized carbons (Fsp3) is 0.154. The van der Waals surface area contributed by atoms with E-state index in [1.165, 1.54) is 6.26 Å². The van der Waals surface area contributed by atoms with E-state index < -0.39 is 5.92 Å². The summed E-state index contributed by atoms with van der Waals surface area (Å²) in [7, 11) is 1.55. The normalized spacial score (nSPS) is 16.4. The van der Waals surface area contributed by atoms with E-state index in [-0.39, 0.29) is 24.6 Å². The van der Waals surface area contributed by atoms with Crippen LogP contribution in [0.2, 0.25) is 0 Å². The number of ether oxygens (including phenoxy) is 4. The number of hydrogen-bond donors (Lipinski definition) is 0. The molecule has 3 aromatic carbocycles. The van der Waals surface area contributed by atoms with Crippen molar-refractivity contribution in [3.63, 3.8) is 0 Å². The van der Waals surface area contributed by atoms with Gasteiger partial charge in [-0.3, -0.25) is 9.59 Å². The lowest BCUT2D eigenvalue weighted by Crippen LogP contribution is -2.22. The highest BCUT2D eigenvalue weighted by atomic mass is 16.7. The average Bonchev–Trinajstić information content (AvgIpc) is 3.32. The zero-order chi connectivity index (χ0) is 22.5. The predicted octanol–water partition coefficient (Wildman–Crippen LogP) is 4.64. The van der Waals surface area contributed by atoms with Crippen LogP contribution in [-0.4, -0.2) is 19.9 Å². The minimum Gasteiger partial charge on any atom is -0.493 e. The summed E-state index contributed by atoms with van der Waals surface area (Å²) in [6.07, 6.45) is 1.55. The van der Waals surface area contributed by atoms with E-state index in [1.807, 2.05) is 42.5 Å². The summed E-state index contributed by atoms with van der Waals surface area (Å²) in [5.74, 6) is 1.16. The zero-order valence-electron chi connectivity index (χ0n) is 17.6. The number of carbonyl (C=O) groups excluding carboxylic acids is 1. The van der Waals surface area contributed by atoms with Crippen LogP contribution in [0.15, 0.2) is 70.1 Å². The van der Waals surface area contributed by atoms with Crippen molar-refractivity contribution in [3.8, 4) is 34.1 Å². The molecule has 0 spiro atoms. The summed E-state index contributed by atoms with van der Waals surface area (Å²) in [6, 6.07) is 16.3. The number of hydrogen-bond acceptors (Lipinski definition) is 7. The van der Waals surface area contributed by atoms with Crippen LogP contribution in [0.3, 0.4) is 0 Å². The van der Waals surface area contributed by atoms with Crippen LogP contribution < -0.4 is 24.4 Å². The van der Waals surface area contributed by atoms with Gasteiger partial charge < -0.3 is 23.4 Å². The van der Waals surface area contributed by atoms with Gasteiger partial charge in [0.1, 0.15) is 17.6 Å². The maximum atomic E-state index is 13.4. The Hall–Kier alpha value is -4.26. The third-order valence-corrected chi connectivity index (χ3v) is 6.05. The molecule has 0 fully saturated rings. The number of rotatable bonds is 3. The van der Waals surface area contributed by atoms with Crippen LogP contribution in [-0.2, 0) is 4.79 Å². The van der Waals surface area contributed by atoms with E-state index in [1.54, 1.807) is 19.2 Å². The lowest BCUT2D eigenvalue weighted by atomic mass is 9.85. The van der Waals surface area contributed by atoms with Crippen LogP contribution in [0.5, 0.6) is 23.0 Å². The average molecular weight is 442 g/mol. The maximum Gasteiger partial charge on any atom is 0.312 e. The largest absolute Gasteiger partial charge is 0.493 e. The monoisotopic (exact) mass is 442 g/mol. The van der Waals surface area contributed by atoms with Crippen molar-refractivity contribution in [2.24, 2.45) is 0 Å². The van der Waals surface area contributed by atoms with E-state index in [9.17, 15) is 9.59 Å². The first kappa shape index (κ1) is 19.4. The molecular formula is C26H18O7. The van der Waals surface area contributed by atoms with Crippen molar-refractivity contribution in [2.75, 3.05) is 13.9 Å². The number of fused-ring (bicyclic) bond motifs is 4. The summed E-state index contributed by atoms with van der Waals surface area (Å²) in [4.78, 5) is 25.8. The van der Waals surface area contributed by atoms with E-state index >= 15 is 0 Å². The first-order valence-electron chi connectivity index (χ1n) is 10.5. The molecular weight excluding hydrogens is 424 g/mol. The Morgan fingerprint density at radius 3 is 2.64 bits per heavy atom. The van der Waals surface area contributed by atoms with Gasteiger partial charge in [-0.2, -0.15) is 0 Å². The number of methoxy groups -OCH3 is 1. The summed E-state index contributed by atoms with van der Waals surface area (Å²) in [5, 5.41) is 0.422. The Morgan fingerprint density at radius 1 is 0.970 bits per heavy atom. The van der Waals surface area contributed by atoms with Crippen LogP contribution in [0, 0.1) is 0 Å². The highest BCUT2D eigenvalue weighted by Gasteiger charge is 2.34. The standard InChI is InChI=1S/C26H18O7/c1-29-20-9-15(10-21-26(20)32-13-31-21)17-11-22(27)33-19-8-7-16-24(28)18(12-30-25(16)23(17)19)14-5-3-2-4-6-14/h2-10,12,17H,11,13H2,1H3. The molecule has 33 heavy (non-hydrogen) atoms. The van der Waals surface area contributed by atoms with Gasteiger partial charge in [0.25, 0.3) is 0 Å². The van der Waals surface area contributed by atoms with Gasteiger partial charge in [0.2, 0.25) is 18.0 Å². The summed E-state index contributed by atoms with van der Waals surface area (Å²) in [5.41, 5.74) is 2.91. The molecule has 2 aliphatic heterocycles. The van der Waals surface area contributed by atoms with Gasteiger partial charge in [0.15, 0.2) is 11.5 Å². The van der Waals surface area contributed by atoms with Crippen LogP contribution in [0.25, 0.3) is 22.1 Å². The molecule has 1 atom stereocenters. The lowest BCUT2D eigenvalue weighted by molar-refractivity contribution is -0.135. The van der Waals surface area contributed by atoms with E-state index in [0.29, 0.717) is 45.1 Å². The fourth-order valence-corrected chi connectivity index (χ4v) is 4.51. The third-order valence-electron chi connectivity index (χ3n) is 6.05. The molecule has 7 nitrogen and oxygen atoms in total. The second kappa shape index (κ2) is 7.41. The topological polar surface area (TPSA) is 84.2 Å². The minimum atomic E-state index is -0.418. The zero-order valence-corrected chi connectivity index (χ0v) is 17.6. The number of esters is 1. The Labute approximate surface area is 188 Å². The quantitative estimate of drug-likeness (QED) is 0.338. The summed E-state index contributed by atoms with van der Waals surface area (Å²) >= 11 is 0. The molecule has 0 saturated carbocycles. The molecule has 6 rings (SSSR count). The van der Waals surface area contributed by atoms with Crippen LogP contribution >= 0.6 is 0 Å². The molecule has 1 aromatic heterocycles. The second-order valence-corrected chi connectivity index (χ2v) is 7.89. The van der Waals surface area contributed by atoms with Gasteiger partial charge >= 0.3 is 5.97 Å². The highest BCUT2D eigenvalue weighted by Crippen LogP contribution is 2.48. The third kappa shape index (κ3) is 3.04. The summed E-state index contributed by atoms with van der Waals surface area (Å²) < 4.78 is 28.1. The first-order valence-corrected chi connectivity index (χ1v) is 10.5. The van der Waals surface area contributed by atoms with Crippen LogP contribution in [0.1, 0.15) is 23.5 Å². The van der Waals surface area contributed by atoms with Gasteiger partial charge in [-0.25, -0.2) is 0 Å². The Morgan fingerprint density at radius 2 is 1.82 bits per heavy atom. The number of benzene rings is 3. The van der Waals surface area contributed by atoms with Crippen LogP contribution in [0.4, 0.5) is 0 Å². The van der Waals surface area contributed by atoms with Gasteiger partial charge in [0, 0.05) is 11.5 Å². The SMILES string of the molecule is COc1cc(C2CC(=O)Oc3ccc4c(=O)c(-c5ccccc5)coc4c32)cc2c1OCO2. The minimum absolute atomic E-state index is 0.0824. The molecule has 0 radical (unpaired) electrons.